The van der Waals surface area contributed by atoms with Crippen molar-refractivity contribution in [3.05, 3.63) is 0 Å². The zero-order chi connectivity index (χ0) is 10.5. The minimum absolute atomic E-state index is 0.889. The van der Waals surface area contributed by atoms with Gasteiger partial charge in [-0.15, -0.1) is 0 Å². The molecule has 1 saturated heterocycles. The maximum atomic E-state index is 4.94. The van der Waals surface area contributed by atoms with Crippen LogP contribution in [0.15, 0.2) is 0 Å². The number of hydrogen-bond donors (Lipinski definition) is 1. The van der Waals surface area contributed by atoms with E-state index in [1.54, 1.807) is 0 Å². The minimum Gasteiger partial charge on any atom is -0.302 e. The molecule has 0 radical (unpaired) electrons. The van der Waals surface area contributed by atoms with Gasteiger partial charge in [-0.05, 0) is 19.3 Å². The summed E-state index contributed by atoms with van der Waals surface area (Å²) in [5, 5.41) is 0. The summed E-state index contributed by atoms with van der Waals surface area (Å²) in [7, 11) is 0. The molecule has 1 rings (SSSR count). The van der Waals surface area contributed by atoms with Crippen molar-refractivity contribution < 1.29 is 4.84 Å². The van der Waals surface area contributed by atoms with Gasteiger partial charge >= 0.3 is 0 Å². The van der Waals surface area contributed by atoms with Crippen LogP contribution in [0, 0.1) is 0 Å². The van der Waals surface area contributed by atoms with E-state index in [9.17, 15) is 0 Å². The second-order valence-electron chi connectivity index (χ2n) is 3.86. The summed E-state index contributed by atoms with van der Waals surface area (Å²) in [6.45, 7) is 6.41. The lowest BCUT2D eigenvalue weighted by molar-refractivity contribution is 0.0525. The van der Waals surface area contributed by atoms with Gasteiger partial charge in [-0.2, -0.15) is 0 Å². The fourth-order valence-electron chi connectivity index (χ4n) is 1.37. The molecule has 1 aliphatic rings. The van der Waals surface area contributed by atoms with Crippen LogP contribution in [-0.2, 0) is 4.84 Å². The molecule has 2 nitrogen and oxygen atoms in total. The Morgan fingerprint density at radius 2 is 1.64 bits per heavy atom. The van der Waals surface area contributed by atoms with Crippen molar-refractivity contribution in [3.63, 3.8) is 0 Å². The summed E-state index contributed by atoms with van der Waals surface area (Å²) >= 11 is 0. The largest absolute Gasteiger partial charge is 0.302 e. The fraction of sp³-hybridized carbons (Fsp3) is 1.00. The molecular formula is C12H27NO. The normalized spacial score (nSPS) is 16.7. The average Bonchev–Trinajstić information content (AvgIpc) is 2.51. The maximum Gasteiger partial charge on any atom is 0.0682 e. The van der Waals surface area contributed by atoms with E-state index in [0.29, 0.717) is 0 Å². The Kier molecular flexibility index (Phi) is 12.8. The van der Waals surface area contributed by atoms with Gasteiger partial charge < -0.3 is 4.84 Å². The predicted molar refractivity (Wildman–Crippen MR) is 62.2 cm³/mol. The molecule has 0 bridgehead atoms. The van der Waals surface area contributed by atoms with Crippen LogP contribution in [0.3, 0.4) is 0 Å². The monoisotopic (exact) mass is 201 g/mol. The number of nitrogens with one attached hydrogen (secondary N) is 1. The molecule has 1 heterocycles. The molecule has 1 N–H and O–H groups in total. The molecule has 0 aromatic heterocycles. The van der Waals surface area contributed by atoms with E-state index in [0.717, 1.165) is 13.2 Å². The van der Waals surface area contributed by atoms with Gasteiger partial charge in [-0.1, -0.05) is 46.0 Å². The van der Waals surface area contributed by atoms with Crippen LogP contribution in [-0.4, -0.2) is 13.2 Å². The fourth-order valence-corrected chi connectivity index (χ4v) is 1.37. The summed E-state index contributed by atoms with van der Waals surface area (Å²) in [5.74, 6) is 0. The van der Waals surface area contributed by atoms with Crippen LogP contribution in [0.25, 0.3) is 0 Å². The van der Waals surface area contributed by atoms with Crippen LogP contribution in [0.1, 0.15) is 65.2 Å². The van der Waals surface area contributed by atoms with Gasteiger partial charge in [0.1, 0.15) is 0 Å². The summed E-state index contributed by atoms with van der Waals surface area (Å²) in [6.07, 6.45) is 10.8. The lowest BCUT2D eigenvalue weighted by Gasteiger charge is -1.94. The highest BCUT2D eigenvalue weighted by Gasteiger charge is 1.94. The third kappa shape index (κ3) is 11.9. The van der Waals surface area contributed by atoms with E-state index in [-0.39, 0.29) is 0 Å². The van der Waals surface area contributed by atoms with Crippen LogP contribution >= 0.6 is 0 Å². The smallest absolute Gasteiger partial charge is 0.0682 e. The molecule has 0 aromatic carbocycles. The Morgan fingerprint density at radius 1 is 0.929 bits per heavy atom. The molecular weight excluding hydrogens is 174 g/mol. The Morgan fingerprint density at radius 3 is 2.29 bits per heavy atom. The minimum atomic E-state index is 0.889. The molecule has 0 aromatic rings. The van der Waals surface area contributed by atoms with Crippen LogP contribution in [0.2, 0.25) is 0 Å². The summed E-state index contributed by atoms with van der Waals surface area (Å²) < 4.78 is 0. The first-order chi connectivity index (χ1) is 6.91. The van der Waals surface area contributed by atoms with E-state index in [1.807, 2.05) is 0 Å². The van der Waals surface area contributed by atoms with Gasteiger partial charge in [0, 0.05) is 6.54 Å². The molecule has 0 atom stereocenters. The molecule has 0 saturated carbocycles. The first-order valence-electron chi connectivity index (χ1n) is 6.26. The molecule has 0 spiro atoms. The van der Waals surface area contributed by atoms with Gasteiger partial charge in [0.25, 0.3) is 0 Å². The summed E-state index contributed by atoms with van der Waals surface area (Å²) in [4.78, 5) is 4.94. The third-order valence-electron chi connectivity index (χ3n) is 2.33. The number of unbranched alkanes of at least 4 members (excludes halogenated alkanes) is 4. The molecule has 0 amide bonds. The molecule has 14 heavy (non-hydrogen) atoms. The van der Waals surface area contributed by atoms with Crippen molar-refractivity contribution in [3.8, 4) is 0 Å². The second-order valence-corrected chi connectivity index (χ2v) is 3.86. The van der Waals surface area contributed by atoms with E-state index >= 15 is 0 Å². The predicted octanol–water partition coefficient (Wildman–Crippen LogP) is 3.67. The molecule has 1 fully saturated rings. The van der Waals surface area contributed by atoms with Gasteiger partial charge in [-0.3, -0.25) is 0 Å². The topological polar surface area (TPSA) is 21.3 Å². The SMILES string of the molecule is C1CCNOCC1.CCCCCCC. The van der Waals surface area contributed by atoms with Gasteiger partial charge in [0.2, 0.25) is 0 Å². The average molecular weight is 201 g/mol. The van der Waals surface area contributed by atoms with Crippen molar-refractivity contribution in [2.75, 3.05) is 13.2 Å². The van der Waals surface area contributed by atoms with Gasteiger partial charge in [0.05, 0.1) is 6.61 Å². The maximum absolute atomic E-state index is 4.94. The van der Waals surface area contributed by atoms with E-state index < -0.39 is 0 Å². The lowest BCUT2D eigenvalue weighted by atomic mass is 10.2. The van der Waals surface area contributed by atoms with Gasteiger partial charge in [-0.25, -0.2) is 5.48 Å². The highest BCUT2D eigenvalue weighted by Crippen LogP contribution is 2.00. The van der Waals surface area contributed by atoms with Crippen molar-refractivity contribution in [2.24, 2.45) is 0 Å². The van der Waals surface area contributed by atoms with E-state index in [1.165, 1.54) is 51.4 Å². The summed E-state index contributed by atoms with van der Waals surface area (Å²) in [5.41, 5.74) is 2.85. The quantitative estimate of drug-likeness (QED) is 0.701. The number of rotatable bonds is 4. The molecule has 1 aliphatic heterocycles. The summed E-state index contributed by atoms with van der Waals surface area (Å²) in [6, 6.07) is 0. The second kappa shape index (κ2) is 12.9. The van der Waals surface area contributed by atoms with Gasteiger partial charge in [0.15, 0.2) is 0 Å². The van der Waals surface area contributed by atoms with Crippen LogP contribution in [0.5, 0.6) is 0 Å². The lowest BCUT2D eigenvalue weighted by Crippen LogP contribution is -2.12. The first kappa shape index (κ1) is 13.9. The molecule has 0 unspecified atom stereocenters. The Bertz CT molecular complexity index is 72.7. The van der Waals surface area contributed by atoms with Crippen molar-refractivity contribution in [1.82, 2.24) is 5.48 Å². The number of hydrogen-bond acceptors (Lipinski definition) is 2. The Balaban J connectivity index is 0.000000241. The molecule has 86 valence electrons. The highest BCUT2D eigenvalue weighted by atomic mass is 16.6. The van der Waals surface area contributed by atoms with Crippen molar-refractivity contribution in [1.29, 1.82) is 0 Å². The van der Waals surface area contributed by atoms with E-state index in [2.05, 4.69) is 19.3 Å². The Labute approximate surface area is 89.4 Å². The van der Waals surface area contributed by atoms with Crippen molar-refractivity contribution in [2.45, 2.75) is 65.2 Å². The molecule has 2 heteroatoms. The van der Waals surface area contributed by atoms with E-state index in [4.69, 9.17) is 4.84 Å². The zero-order valence-electron chi connectivity index (χ0n) is 9.98. The zero-order valence-corrected chi connectivity index (χ0v) is 9.98. The standard InChI is InChI=1S/C7H16.C5H11NO/c1-3-5-7-6-4-2;1-2-4-6-7-5-3-1/h3-7H2,1-2H3;6H,1-5H2. The highest BCUT2D eigenvalue weighted by molar-refractivity contribution is 4.45. The van der Waals surface area contributed by atoms with Crippen molar-refractivity contribution >= 4 is 0 Å². The molecule has 0 aliphatic carbocycles. The number of hydroxylamine groups is 1. The Hall–Kier alpha value is -0.0800. The first-order valence-corrected chi connectivity index (χ1v) is 6.26. The van der Waals surface area contributed by atoms with Crippen LogP contribution in [0.4, 0.5) is 0 Å². The van der Waals surface area contributed by atoms with Crippen LogP contribution < -0.4 is 5.48 Å². The third-order valence-corrected chi connectivity index (χ3v) is 2.33.